The molecular formula is C23H38B2N3O10P. The quantitative estimate of drug-likeness (QED) is 0.0644. The van der Waals surface area contributed by atoms with E-state index in [1.807, 2.05) is 13.8 Å². The molecule has 0 saturated carbocycles. The van der Waals surface area contributed by atoms with E-state index in [0.717, 1.165) is 27.3 Å². The summed E-state index contributed by atoms with van der Waals surface area (Å²) in [6.45, 7) is 11.7. The van der Waals surface area contributed by atoms with Gasteiger partial charge in [0, 0.05) is 13.8 Å². The van der Waals surface area contributed by atoms with E-state index >= 15 is 0 Å². The van der Waals surface area contributed by atoms with E-state index in [-0.39, 0.29) is 30.2 Å². The standard InChI is InChI=1S/C23H38B2N3O10P/c1-8-10(2)18-22(39-25-24-32)11(3)19(12(4)34-18)38-23-17(27-28-26)21(36-15(7)31)20(35-14(6)30)16(37-23)9-33-13(5)29/h10-12,16-23,25,39H,8-9H2,1-7H3/t10-,11+,12-,16?,17?,18?,19?,20+,21?,22-,23+/m0/s1. The van der Waals surface area contributed by atoms with Crippen LogP contribution >= 0.6 is 8.46 Å². The van der Waals surface area contributed by atoms with Gasteiger partial charge in [-0.3, -0.25) is 9.59 Å². The maximum absolute atomic E-state index is 12.0. The van der Waals surface area contributed by atoms with Crippen LogP contribution in [0.4, 0.5) is 0 Å². The van der Waals surface area contributed by atoms with Crippen LogP contribution in [0.15, 0.2) is 5.11 Å². The predicted octanol–water partition coefficient (Wildman–Crippen LogP) is 2.03. The summed E-state index contributed by atoms with van der Waals surface area (Å²) >= 11 is 0. The Hall–Kier alpha value is -2.04. The monoisotopic (exact) mass is 569 g/mol. The van der Waals surface area contributed by atoms with E-state index in [1.54, 1.807) is 0 Å². The van der Waals surface area contributed by atoms with Crippen molar-refractivity contribution < 1.29 is 47.5 Å². The molecule has 0 bridgehead atoms. The predicted molar refractivity (Wildman–Crippen MR) is 143 cm³/mol. The third-order valence-corrected chi connectivity index (χ3v) is 8.79. The van der Waals surface area contributed by atoms with Crippen LogP contribution in [0.5, 0.6) is 0 Å². The second-order valence-electron chi connectivity index (χ2n) is 9.94. The van der Waals surface area contributed by atoms with Crippen molar-refractivity contribution in [2.45, 2.75) is 110 Å². The summed E-state index contributed by atoms with van der Waals surface area (Å²) in [5, 5.41) is 3.80. The molecule has 2 fully saturated rings. The minimum absolute atomic E-state index is 0.0303. The van der Waals surface area contributed by atoms with Crippen molar-refractivity contribution in [1.29, 1.82) is 0 Å². The molecular weight excluding hydrogens is 531 g/mol. The minimum atomic E-state index is -1.28. The van der Waals surface area contributed by atoms with E-state index in [9.17, 15) is 24.6 Å². The Morgan fingerprint density at radius 2 is 1.72 bits per heavy atom. The fourth-order valence-electron chi connectivity index (χ4n) is 5.12. The molecule has 2 heterocycles. The summed E-state index contributed by atoms with van der Waals surface area (Å²) in [4.78, 5) is 38.4. The first-order chi connectivity index (χ1) is 18.4. The van der Waals surface area contributed by atoms with E-state index < -0.39 is 60.8 Å². The van der Waals surface area contributed by atoms with Crippen LogP contribution in [-0.2, 0) is 47.5 Å². The van der Waals surface area contributed by atoms with Crippen molar-refractivity contribution in [3.8, 4) is 0 Å². The van der Waals surface area contributed by atoms with Gasteiger partial charge in [-0.05, 0) is 0 Å². The Bertz CT molecular complexity index is 927. The SMILES string of the molecule is CC[C@H](C)C1O[C@@H](C)C(O[C@H]2OC(COC(C)=O)[C@@H](OC(C)=O)C(OC(C)=O)C2N=[N+]=[N-])[C@@H](C)[C@@H]1PBB=O. The Balaban J connectivity index is 2.45. The average Bonchev–Trinajstić information content (AvgIpc) is 2.86. The van der Waals surface area contributed by atoms with Crippen molar-refractivity contribution in [3.05, 3.63) is 10.4 Å². The first-order valence-electron chi connectivity index (χ1n) is 13.1. The van der Waals surface area contributed by atoms with Gasteiger partial charge in [-0.1, -0.05) is 0 Å². The summed E-state index contributed by atoms with van der Waals surface area (Å²) in [5.41, 5.74) is 9.37. The van der Waals surface area contributed by atoms with Crippen LogP contribution in [0.2, 0.25) is 0 Å². The number of nitrogens with zero attached hydrogens (tertiary/aromatic N) is 3. The van der Waals surface area contributed by atoms with Gasteiger partial charge in [-0.2, -0.15) is 0 Å². The van der Waals surface area contributed by atoms with E-state index in [2.05, 4.69) is 23.9 Å². The number of hydrogen-bond acceptors (Lipinski definition) is 11. The van der Waals surface area contributed by atoms with Crippen LogP contribution in [0.1, 0.15) is 54.9 Å². The molecule has 2 saturated heterocycles. The molecule has 0 aromatic carbocycles. The molecule has 16 heteroatoms. The molecule has 2 aliphatic rings. The number of rotatable bonds is 12. The van der Waals surface area contributed by atoms with Crippen molar-refractivity contribution in [1.82, 2.24) is 0 Å². The molecule has 0 aliphatic carbocycles. The molecule has 6 unspecified atom stereocenters. The van der Waals surface area contributed by atoms with Crippen molar-refractivity contribution >= 4 is 40.3 Å². The summed E-state index contributed by atoms with van der Waals surface area (Å²) in [7, 11) is 1.21. The average molecular weight is 569 g/mol. The molecule has 0 spiro atoms. The van der Waals surface area contributed by atoms with Gasteiger partial charge in [0.2, 0.25) is 0 Å². The first kappa shape index (κ1) is 33.2. The van der Waals surface area contributed by atoms with Gasteiger partial charge >= 0.3 is 208 Å². The second kappa shape index (κ2) is 15.7. The van der Waals surface area contributed by atoms with Gasteiger partial charge in [-0.25, -0.2) is 0 Å². The fourth-order valence-corrected chi connectivity index (χ4v) is 6.69. The van der Waals surface area contributed by atoms with Gasteiger partial charge in [0.1, 0.15) is 0 Å². The summed E-state index contributed by atoms with van der Waals surface area (Å²) in [6, 6.07) is -1.24. The molecule has 13 nitrogen and oxygen atoms in total. The van der Waals surface area contributed by atoms with Gasteiger partial charge in [0.15, 0.2) is 0 Å². The zero-order valence-electron chi connectivity index (χ0n) is 23.5. The molecule has 2 rings (SSSR count). The first-order valence-corrected chi connectivity index (χ1v) is 14.4. The second-order valence-corrected chi connectivity index (χ2v) is 11.4. The van der Waals surface area contributed by atoms with Crippen LogP contribution in [-0.4, -0.2) is 93.1 Å². The molecule has 0 N–H and O–H groups in total. The number of carbonyl (C=O) groups excluding carboxylic acids is 3. The number of carbonyl (C=O) groups is 3. The van der Waals surface area contributed by atoms with Gasteiger partial charge < -0.3 is 0 Å². The third kappa shape index (κ3) is 8.98. The Morgan fingerprint density at radius 3 is 2.26 bits per heavy atom. The molecule has 12 atom stereocenters. The topological polar surface area (TPSA) is 172 Å². The third-order valence-electron chi connectivity index (χ3n) is 7.06. The van der Waals surface area contributed by atoms with E-state index in [0.29, 0.717) is 15.3 Å². The Morgan fingerprint density at radius 1 is 1.08 bits per heavy atom. The Labute approximate surface area is 231 Å². The van der Waals surface area contributed by atoms with Crippen LogP contribution in [0.3, 0.4) is 0 Å². The van der Waals surface area contributed by atoms with Gasteiger partial charge in [0.25, 0.3) is 0 Å². The van der Waals surface area contributed by atoms with Crippen molar-refractivity contribution in [2.24, 2.45) is 17.0 Å². The molecule has 39 heavy (non-hydrogen) atoms. The molecule has 216 valence electrons. The number of ether oxygens (including phenoxy) is 6. The number of hydrogen-bond donors (Lipinski definition) is 0. The molecule has 0 aromatic heterocycles. The van der Waals surface area contributed by atoms with Crippen LogP contribution < -0.4 is 0 Å². The number of azide groups is 1. The summed E-state index contributed by atoms with van der Waals surface area (Å²) in [6.07, 6.45) is -4.98. The van der Waals surface area contributed by atoms with Crippen LogP contribution in [0, 0.1) is 11.8 Å². The fraction of sp³-hybridized carbons (Fsp3) is 0.870. The van der Waals surface area contributed by atoms with Crippen molar-refractivity contribution in [2.75, 3.05) is 6.61 Å². The van der Waals surface area contributed by atoms with E-state index in [1.165, 1.54) is 6.92 Å². The van der Waals surface area contributed by atoms with E-state index in [4.69, 9.17) is 28.4 Å². The van der Waals surface area contributed by atoms with Gasteiger partial charge in [-0.15, -0.1) is 0 Å². The zero-order chi connectivity index (χ0) is 29.3. The summed E-state index contributed by atoms with van der Waals surface area (Å²) in [5.74, 6) is -1.83. The normalized spacial score (nSPS) is 35.3. The van der Waals surface area contributed by atoms with Crippen LogP contribution in [0.25, 0.3) is 10.4 Å². The van der Waals surface area contributed by atoms with Crippen molar-refractivity contribution in [3.63, 3.8) is 0 Å². The maximum atomic E-state index is 12.0. The summed E-state index contributed by atoms with van der Waals surface area (Å²) < 4.78 is 46.1. The molecule has 0 aromatic rings. The Kier molecular flexibility index (Phi) is 13.3. The zero-order valence-corrected chi connectivity index (χ0v) is 24.5. The number of esters is 3. The van der Waals surface area contributed by atoms with Gasteiger partial charge in [0.05, 0.1) is 0 Å². The molecule has 0 amide bonds. The molecule has 2 aliphatic heterocycles. The molecule has 0 radical (unpaired) electrons.